The molecule has 19 heteroatoms. The van der Waals surface area contributed by atoms with Gasteiger partial charge < -0.3 is 35.4 Å². The van der Waals surface area contributed by atoms with Gasteiger partial charge in [-0.25, -0.2) is 15.0 Å². The average molecular weight is 946 g/mol. The molecule has 3 amide bonds. The summed E-state index contributed by atoms with van der Waals surface area (Å²) in [7, 11) is 1.69. The number of ether oxygens (including phenoxy) is 1. The number of aryl methyl sites for hydroxylation is 1. The maximum atomic E-state index is 13.6. The van der Waals surface area contributed by atoms with E-state index >= 15 is 0 Å². The first-order valence-corrected chi connectivity index (χ1v) is 24.4. The van der Waals surface area contributed by atoms with E-state index in [1.54, 1.807) is 79.3 Å². The van der Waals surface area contributed by atoms with Crippen molar-refractivity contribution in [1.82, 2.24) is 44.9 Å². The molecule has 0 spiro atoms. The molecule has 1 saturated carbocycles. The van der Waals surface area contributed by atoms with Gasteiger partial charge in [-0.1, -0.05) is 25.0 Å². The van der Waals surface area contributed by atoms with Crippen molar-refractivity contribution in [2.24, 2.45) is 0 Å². The van der Waals surface area contributed by atoms with Crippen molar-refractivity contribution in [3.05, 3.63) is 91.9 Å². The van der Waals surface area contributed by atoms with E-state index in [2.05, 4.69) is 35.8 Å². The van der Waals surface area contributed by atoms with Crippen molar-refractivity contribution in [2.75, 3.05) is 56.6 Å². The Bertz CT molecular complexity index is 2750. The van der Waals surface area contributed by atoms with Crippen LogP contribution < -0.4 is 31.1 Å². The minimum atomic E-state index is -0.695. The van der Waals surface area contributed by atoms with Gasteiger partial charge >= 0.3 is 0 Å². The number of carbonyl (C=O) groups is 5. The number of pyridine rings is 2. The molecule has 8 rings (SSSR count). The molecule has 3 N–H and O–H groups in total. The number of likely N-dealkylation sites (N-methyl/N-ethyl adjacent to an activating group) is 1. The zero-order valence-electron chi connectivity index (χ0n) is 39.2. The number of carbonyl (C=O) groups excluding carboxylic acids is 5. The Morgan fingerprint density at radius 2 is 1.69 bits per heavy atom. The van der Waals surface area contributed by atoms with Gasteiger partial charge in [0.2, 0.25) is 29.5 Å². The molecule has 0 bridgehead atoms. The number of rotatable bonds is 17. The van der Waals surface area contributed by atoms with Gasteiger partial charge in [-0.2, -0.15) is 4.98 Å². The van der Waals surface area contributed by atoms with E-state index in [0.29, 0.717) is 103 Å². The molecule has 2 aliphatic heterocycles. The summed E-state index contributed by atoms with van der Waals surface area (Å²) in [5, 5.41) is 11.9. The van der Waals surface area contributed by atoms with E-state index in [0.717, 1.165) is 44.2 Å². The SMILES string of the molecule is CN[C@@H](C)C(=O)N[C@@H](C)C(=O)N1CCC[C@H]1c1nc(C(=O)c2cccc(OCCCC(=O)N3CCN(c4ccc(Nc5ncc6c(C)c(C(C)=O)c(=O)n(C7CCCC7)c6n5)nc4)CC3)c2)cs1. The van der Waals surface area contributed by atoms with E-state index < -0.39 is 12.1 Å². The number of benzene rings is 1. The van der Waals surface area contributed by atoms with Crippen LogP contribution in [0.3, 0.4) is 0 Å². The molecule has 1 aliphatic carbocycles. The Morgan fingerprint density at radius 1 is 0.912 bits per heavy atom. The fourth-order valence-corrected chi connectivity index (χ4v) is 10.3. The van der Waals surface area contributed by atoms with Gasteiger partial charge in [0, 0.05) is 67.7 Å². The number of hydrogen-bond donors (Lipinski definition) is 3. The summed E-state index contributed by atoms with van der Waals surface area (Å²) in [6.45, 7) is 9.91. The lowest BCUT2D eigenvalue weighted by molar-refractivity contribution is -0.137. The number of anilines is 3. The fraction of sp³-hybridized carbons (Fsp3) is 0.469. The first-order valence-electron chi connectivity index (χ1n) is 23.5. The molecule has 3 aliphatic rings. The lowest BCUT2D eigenvalue weighted by atomic mass is 10.0. The molecule has 0 radical (unpaired) electrons. The van der Waals surface area contributed by atoms with Crippen LogP contribution in [-0.2, 0) is 14.4 Å². The minimum absolute atomic E-state index is 0.0161. The molecule has 68 heavy (non-hydrogen) atoms. The van der Waals surface area contributed by atoms with E-state index in [4.69, 9.17) is 9.72 Å². The number of piperazine rings is 1. The number of amides is 3. The molecule has 18 nitrogen and oxygen atoms in total. The average Bonchev–Trinajstić information content (AvgIpc) is 4.16. The molecule has 3 atom stereocenters. The van der Waals surface area contributed by atoms with Gasteiger partial charge in [0.05, 0.1) is 36.1 Å². The third kappa shape index (κ3) is 10.4. The summed E-state index contributed by atoms with van der Waals surface area (Å²) in [4.78, 5) is 103. The normalized spacial score (nSPS) is 17.3. The second-order valence-corrected chi connectivity index (χ2v) is 18.7. The molecule has 1 aromatic carbocycles. The number of hydrogen-bond acceptors (Lipinski definition) is 15. The number of nitrogens with one attached hydrogen (secondary N) is 3. The van der Waals surface area contributed by atoms with Crippen molar-refractivity contribution in [3.8, 4) is 5.75 Å². The van der Waals surface area contributed by atoms with E-state index in [1.165, 1.54) is 18.3 Å². The highest BCUT2D eigenvalue weighted by molar-refractivity contribution is 7.10. The number of nitrogens with zero attached hydrogens (tertiary/aromatic N) is 8. The van der Waals surface area contributed by atoms with E-state index in [9.17, 15) is 28.8 Å². The van der Waals surface area contributed by atoms with Crippen molar-refractivity contribution >= 4 is 69.1 Å². The highest BCUT2D eigenvalue weighted by Crippen LogP contribution is 2.35. The van der Waals surface area contributed by atoms with Crippen LogP contribution in [-0.4, -0.2) is 122 Å². The van der Waals surface area contributed by atoms with Gasteiger partial charge in [-0.3, -0.25) is 33.3 Å². The summed E-state index contributed by atoms with van der Waals surface area (Å²) < 4.78 is 7.68. The number of aromatic nitrogens is 5. The van der Waals surface area contributed by atoms with Crippen LogP contribution in [0.5, 0.6) is 5.75 Å². The maximum absolute atomic E-state index is 13.6. The summed E-state index contributed by atoms with van der Waals surface area (Å²) in [5.41, 5.74) is 2.65. The highest BCUT2D eigenvalue weighted by atomic mass is 32.1. The van der Waals surface area contributed by atoms with Gasteiger partial charge in [-0.05, 0) is 96.7 Å². The van der Waals surface area contributed by atoms with Crippen molar-refractivity contribution in [3.63, 3.8) is 0 Å². The Hall–Kier alpha value is -6.60. The number of Topliss-reactive ketones (excluding diaryl/α,β-unsaturated/α-hetero) is 1. The smallest absolute Gasteiger partial charge is 0.263 e. The first kappa shape index (κ1) is 47.9. The van der Waals surface area contributed by atoms with Gasteiger partial charge in [0.1, 0.15) is 34.0 Å². The number of ketones is 2. The zero-order chi connectivity index (χ0) is 48.1. The molecule has 4 aromatic heterocycles. The number of likely N-dealkylation sites (tertiary alicyclic amines) is 1. The predicted octanol–water partition coefficient (Wildman–Crippen LogP) is 5.53. The molecular formula is C49H59N11O7S. The van der Waals surface area contributed by atoms with Crippen LogP contribution in [0, 0.1) is 6.92 Å². The van der Waals surface area contributed by atoms with Gasteiger partial charge in [0.15, 0.2) is 5.78 Å². The topological polar surface area (TPSA) is 214 Å². The Morgan fingerprint density at radius 3 is 2.41 bits per heavy atom. The molecule has 358 valence electrons. The largest absolute Gasteiger partial charge is 0.494 e. The third-order valence-electron chi connectivity index (χ3n) is 13.3. The quantitative estimate of drug-likeness (QED) is 0.0773. The van der Waals surface area contributed by atoms with Crippen LogP contribution in [0.2, 0.25) is 0 Å². The Balaban J connectivity index is 0.789. The summed E-state index contributed by atoms with van der Waals surface area (Å²) in [5.74, 6) is 0.479. The number of fused-ring (bicyclic) bond motifs is 1. The molecule has 5 aromatic rings. The third-order valence-corrected chi connectivity index (χ3v) is 14.2. The summed E-state index contributed by atoms with van der Waals surface area (Å²) >= 11 is 1.35. The standard InChI is InChI=1S/C49H59N11O7S/c1-29-37-27-52-49(56-44(37)60(34-12-6-7-13-34)48(66)42(29)32(4)61)55-40-18-17-35(26-51-40)57-20-22-58(23-21-57)41(62)16-10-24-67-36-14-8-11-33(25-36)43(63)38-28-68-46(54-38)39-15-9-19-59(39)47(65)31(3)53-45(64)30(2)50-5/h8,11,14,17-18,25-28,30-31,34,39,50H,6-7,9-10,12-13,15-16,19-24H2,1-5H3,(H,53,64)(H,51,52,55,56)/t30-,31-,39-/m0/s1. The van der Waals surface area contributed by atoms with E-state index in [-0.39, 0.29) is 52.5 Å². The lowest BCUT2D eigenvalue weighted by Gasteiger charge is -2.36. The van der Waals surface area contributed by atoms with Crippen LogP contribution in [0.25, 0.3) is 11.0 Å². The minimum Gasteiger partial charge on any atom is -0.494 e. The fourth-order valence-electron chi connectivity index (χ4n) is 9.34. The van der Waals surface area contributed by atoms with Crippen molar-refractivity contribution < 1.29 is 28.7 Å². The summed E-state index contributed by atoms with van der Waals surface area (Å²) in [6.07, 6.45) is 9.57. The van der Waals surface area contributed by atoms with Crippen LogP contribution >= 0.6 is 11.3 Å². The van der Waals surface area contributed by atoms with Gasteiger partial charge in [-0.15, -0.1) is 11.3 Å². The van der Waals surface area contributed by atoms with Crippen molar-refractivity contribution in [1.29, 1.82) is 0 Å². The van der Waals surface area contributed by atoms with Crippen LogP contribution in [0.4, 0.5) is 17.5 Å². The molecule has 3 fully saturated rings. The first-order chi connectivity index (χ1) is 32.8. The number of thiazole rings is 1. The van der Waals surface area contributed by atoms with E-state index in [1.807, 2.05) is 17.0 Å². The Kier molecular flexibility index (Phi) is 14.9. The highest BCUT2D eigenvalue weighted by Gasteiger charge is 2.35. The van der Waals surface area contributed by atoms with Gasteiger partial charge in [0.25, 0.3) is 5.56 Å². The summed E-state index contributed by atoms with van der Waals surface area (Å²) in [6, 6.07) is 9.34. The second kappa shape index (κ2) is 21.1. The van der Waals surface area contributed by atoms with Crippen LogP contribution in [0.15, 0.2) is 59.0 Å². The molecule has 2 saturated heterocycles. The lowest BCUT2D eigenvalue weighted by Crippen LogP contribution is -2.51. The maximum Gasteiger partial charge on any atom is 0.263 e. The second-order valence-electron chi connectivity index (χ2n) is 17.8. The molecule has 6 heterocycles. The molecule has 0 unspecified atom stereocenters. The molecular weight excluding hydrogens is 887 g/mol. The zero-order valence-corrected chi connectivity index (χ0v) is 40.1. The van der Waals surface area contributed by atoms with Crippen molar-refractivity contribution in [2.45, 2.75) is 103 Å². The Labute approximate surface area is 398 Å². The van der Waals surface area contributed by atoms with Crippen LogP contribution in [0.1, 0.15) is 121 Å². The predicted molar refractivity (Wildman–Crippen MR) is 259 cm³/mol. The monoisotopic (exact) mass is 945 g/mol.